The Hall–Kier alpha value is -5.22. The molecule has 534 valence electrons. The molecular formula is C80H100O19. The number of esters is 2. The maximum Gasteiger partial charge on any atom is 0.303 e. The maximum atomic E-state index is 13.1. The number of hydrogen-bond donors (Lipinski definition) is 0. The molecule has 99 heavy (non-hydrogen) atoms. The molecule has 3 aromatic carbocycles. The highest BCUT2D eigenvalue weighted by molar-refractivity contribution is 5.66. The summed E-state index contributed by atoms with van der Waals surface area (Å²) < 4.78 is 120. The van der Waals surface area contributed by atoms with Crippen molar-refractivity contribution < 1.29 is 90.1 Å². The van der Waals surface area contributed by atoms with Crippen LogP contribution in [0.15, 0.2) is 127 Å². The molecule has 19 nitrogen and oxygen atoms in total. The van der Waals surface area contributed by atoms with E-state index in [2.05, 4.69) is 113 Å². The van der Waals surface area contributed by atoms with E-state index in [1.165, 1.54) is 13.8 Å². The van der Waals surface area contributed by atoms with Gasteiger partial charge in [0.25, 0.3) is 0 Å². The van der Waals surface area contributed by atoms with Gasteiger partial charge >= 0.3 is 11.9 Å². The van der Waals surface area contributed by atoms with Gasteiger partial charge in [-0.3, -0.25) is 9.59 Å². The molecule has 0 aromatic heterocycles. The minimum Gasteiger partial charge on any atom is -0.460 e. The summed E-state index contributed by atoms with van der Waals surface area (Å²) in [6.07, 6.45) is 13.4. The van der Waals surface area contributed by atoms with E-state index in [4.69, 9.17) is 87.0 Å². The van der Waals surface area contributed by atoms with Crippen molar-refractivity contribution in [2.45, 2.75) is 296 Å². The second-order valence-corrected chi connectivity index (χ2v) is 30.4. The molecule has 15 rings (SSSR count). The lowest BCUT2D eigenvalue weighted by atomic mass is 9.75. The van der Waals surface area contributed by atoms with E-state index < -0.39 is 127 Å². The van der Waals surface area contributed by atoms with Crippen molar-refractivity contribution in [3.63, 3.8) is 0 Å². The molecular weight excluding hydrogens is 1260 g/mol. The molecule has 9 fully saturated rings. The number of carbonyl (C=O) groups is 2. The van der Waals surface area contributed by atoms with Gasteiger partial charge in [0.1, 0.15) is 66.6 Å². The highest BCUT2D eigenvalue weighted by atomic mass is 16.7. The van der Waals surface area contributed by atoms with Crippen molar-refractivity contribution in [3.8, 4) is 12.3 Å². The molecule has 12 aliphatic heterocycles. The lowest BCUT2D eigenvalue weighted by Gasteiger charge is -2.53. The van der Waals surface area contributed by atoms with Crippen LogP contribution in [-0.2, 0) is 110 Å². The Kier molecular flexibility index (Phi) is 21.0. The molecule has 0 N–H and O–H groups in total. The highest BCUT2D eigenvalue weighted by Crippen LogP contribution is 2.53. The molecule has 1 spiro atoms. The molecule has 0 unspecified atom stereocenters. The van der Waals surface area contributed by atoms with E-state index in [0.717, 1.165) is 29.5 Å². The van der Waals surface area contributed by atoms with Gasteiger partial charge in [-0.2, -0.15) is 0 Å². The molecule has 19 heteroatoms. The second kappa shape index (κ2) is 29.9. The van der Waals surface area contributed by atoms with Crippen LogP contribution in [0.25, 0.3) is 0 Å². The van der Waals surface area contributed by atoms with Crippen molar-refractivity contribution >= 4 is 11.9 Å². The van der Waals surface area contributed by atoms with Crippen molar-refractivity contribution in [2.24, 2.45) is 23.7 Å². The van der Waals surface area contributed by atoms with E-state index in [0.29, 0.717) is 71.2 Å². The fourth-order valence-corrected chi connectivity index (χ4v) is 18.3. The zero-order valence-corrected chi connectivity index (χ0v) is 58.1. The first-order valence-corrected chi connectivity index (χ1v) is 36.7. The van der Waals surface area contributed by atoms with Gasteiger partial charge < -0.3 is 80.5 Å². The highest BCUT2D eigenvalue weighted by Gasteiger charge is 2.64. The molecule has 31 atom stereocenters. The summed E-state index contributed by atoms with van der Waals surface area (Å²) in [5, 5.41) is 0. The summed E-state index contributed by atoms with van der Waals surface area (Å²) in [5.41, 5.74) is 2.23. The van der Waals surface area contributed by atoms with Crippen LogP contribution in [0.3, 0.4) is 0 Å². The van der Waals surface area contributed by atoms with E-state index in [-0.39, 0.29) is 79.0 Å². The molecule has 3 aromatic rings. The predicted octanol–water partition coefficient (Wildman–Crippen LogP) is 10.5. The zero-order chi connectivity index (χ0) is 68.1. The molecule has 12 heterocycles. The SMILES string of the molecule is C#CC[C@@H]1O[C@@H]2C[C@@H]3O[C@@H]4C=C[C@@H]5O[C@@H]6C[C@@H](OCc7ccccc7)[C@]7(C)O[C@@H]8C[C@H](C)C[C@@H]9O[C@@H]%10[C@@H](C)[C@H](OC(C)=O)[C@@H]%11O[C@]%12(C[C@H](OC(C)=O)CO%12)[C@@H](C)[C@H](C)[C@H]%11O[C@H]%10C[C@H]9O[C@H]8C[C@H]7O[C@H]6C/C=C\C[C@H]5O[C@H]4C=C[C@H]3O[C@H]2[C@H](OCc2ccccc2)[C@H]1OCc1ccccc1. The topological polar surface area (TPSA) is 191 Å². The first kappa shape index (κ1) is 69.5. The Morgan fingerprint density at radius 3 is 1.73 bits per heavy atom. The first-order chi connectivity index (χ1) is 48.0. The largest absolute Gasteiger partial charge is 0.460 e. The summed E-state index contributed by atoms with van der Waals surface area (Å²) in [5.74, 6) is 0.611. The summed E-state index contributed by atoms with van der Waals surface area (Å²) in [6.45, 7) is 14.9. The van der Waals surface area contributed by atoms with Crippen LogP contribution < -0.4 is 0 Å². The molecule has 0 radical (unpaired) electrons. The average molecular weight is 1370 g/mol. The number of rotatable bonds is 12. The number of benzene rings is 3. The number of fused-ring (bicyclic) bond motifs is 10. The van der Waals surface area contributed by atoms with Crippen molar-refractivity contribution in [1.82, 2.24) is 0 Å². The number of ether oxygens (including phenoxy) is 17. The van der Waals surface area contributed by atoms with Crippen LogP contribution in [-0.4, -0.2) is 183 Å². The molecule has 0 aliphatic carbocycles. The van der Waals surface area contributed by atoms with E-state index in [1.807, 2.05) is 54.6 Å². The molecule has 0 amide bonds. The maximum absolute atomic E-state index is 13.1. The van der Waals surface area contributed by atoms with Crippen LogP contribution >= 0.6 is 0 Å². The Labute approximate surface area is 582 Å². The number of hydrogen-bond acceptors (Lipinski definition) is 19. The monoisotopic (exact) mass is 1360 g/mol. The molecule has 0 saturated carbocycles. The smallest absolute Gasteiger partial charge is 0.303 e. The van der Waals surface area contributed by atoms with Gasteiger partial charge in [0, 0.05) is 64.2 Å². The van der Waals surface area contributed by atoms with Crippen LogP contribution in [0.5, 0.6) is 0 Å². The van der Waals surface area contributed by atoms with Crippen LogP contribution in [0.4, 0.5) is 0 Å². The number of terminal acetylenes is 1. The standard InChI is InChI=1S/C80H100O19/c1-9-21-61-75(84-42-52-24-15-11-16-25-52)77(85-43-53-26-17-12-18-27-53)76-69(92-61)36-63-60(95-76)33-32-58-59(90-63)31-30-57-55(89-58)28-19-20-29-56-65(91-57)38-70(83-41-51-22-13-10-14-23-51)79(8)71(94-56)39-66-67(98-79)35-45(2)34-62-64(93-66)37-68-72(96-62)47(4)74(88-50(7)82)78-73(97-68)46(3)48(5)80(99-78)40-54(44-86-80)87-49(6)81/h1,10-20,22-27,30-33,45-48,54-78H,21,28-29,34-44H2,2-8H3/b20-19-/t45-,46+,47-,48+,54+,55-,56+,57+,58+,59-,60-,61+,62+,63+,64-,65-,66+,67-,68+,69-,70-,71-,72-,73-,74+,75+,76-,77-,78-,79+,80-/m1/s1. The third kappa shape index (κ3) is 14.6. The van der Waals surface area contributed by atoms with Gasteiger partial charge in [0.2, 0.25) is 0 Å². The van der Waals surface area contributed by atoms with Crippen LogP contribution in [0, 0.1) is 36.0 Å². The summed E-state index contributed by atoms with van der Waals surface area (Å²) >= 11 is 0. The fraction of sp³-hybridized carbons (Fsp3) is 0.650. The number of carbonyl (C=O) groups excluding carboxylic acids is 2. The Morgan fingerprint density at radius 1 is 0.495 bits per heavy atom. The quantitative estimate of drug-likeness (QED) is 0.0944. The summed E-state index contributed by atoms with van der Waals surface area (Å²) in [6, 6.07) is 30.6. The van der Waals surface area contributed by atoms with Crippen molar-refractivity contribution in [3.05, 3.63) is 144 Å². The van der Waals surface area contributed by atoms with Gasteiger partial charge in [-0.05, 0) is 61.1 Å². The minimum absolute atomic E-state index is 0.103. The zero-order valence-electron chi connectivity index (χ0n) is 58.1. The van der Waals surface area contributed by atoms with Gasteiger partial charge in [0.15, 0.2) is 5.79 Å². The Morgan fingerprint density at radius 2 is 1.05 bits per heavy atom. The van der Waals surface area contributed by atoms with Gasteiger partial charge in [-0.15, -0.1) is 12.3 Å². The molecule has 9 saturated heterocycles. The summed E-state index contributed by atoms with van der Waals surface area (Å²) in [7, 11) is 0. The Bertz CT molecular complexity index is 3360. The average Bonchev–Trinajstić information content (AvgIpc) is 1.66. The normalized spacial score (nSPS) is 45.6. The lowest BCUT2D eigenvalue weighted by molar-refractivity contribution is -0.340. The summed E-state index contributed by atoms with van der Waals surface area (Å²) in [4.78, 5) is 25.2. The second-order valence-electron chi connectivity index (χ2n) is 30.4. The van der Waals surface area contributed by atoms with Gasteiger partial charge in [-0.25, -0.2) is 0 Å². The minimum atomic E-state index is -1.07. The van der Waals surface area contributed by atoms with E-state index >= 15 is 0 Å². The van der Waals surface area contributed by atoms with Crippen LogP contribution in [0.2, 0.25) is 0 Å². The van der Waals surface area contributed by atoms with Crippen molar-refractivity contribution in [1.29, 1.82) is 0 Å². The van der Waals surface area contributed by atoms with Crippen LogP contribution in [0.1, 0.15) is 129 Å². The first-order valence-electron chi connectivity index (χ1n) is 36.7. The lowest BCUT2D eigenvalue weighted by Crippen LogP contribution is -2.64. The third-order valence-corrected chi connectivity index (χ3v) is 23.6. The fourth-order valence-electron chi connectivity index (χ4n) is 18.3. The third-order valence-electron chi connectivity index (χ3n) is 23.6. The van der Waals surface area contributed by atoms with Gasteiger partial charge in [-0.1, -0.05) is 155 Å². The van der Waals surface area contributed by atoms with Gasteiger partial charge in [0.05, 0.1) is 118 Å². The van der Waals surface area contributed by atoms with Crippen molar-refractivity contribution in [2.75, 3.05) is 6.61 Å². The predicted molar refractivity (Wildman–Crippen MR) is 360 cm³/mol. The van der Waals surface area contributed by atoms with E-state index in [9.17, 15) is 9.59 Å². The molecule has 0 bridgehead atoms. The van der Waals surface area contributed by atoms with E-state index in [1.54, 1.807) is 0 Å². The molecule has 12 aliphatic rings. The Balaban J connectivity index is 0.661.